The van der Waals surface area contributed by atoms with Crippen LogP contribution in [0.1, 0.15) is 54.6 Å². The highest BCUT2D eigenvalue weighted by Crippen LogP contribution is 2.46. The minimum absolute atomic E-state index is 0.105. The summed E-state index contributed by atoms with van der Waals surface area (Å²) in [5.41, 5.74) is 1.96. The van der Waals surface area contributed by atoms with Crippen LogP contribution in [-0.2, 0) is 4.79 Å². The molecule has 0 spiro atoms. The Balaban J connectivity index is 1.52. The van der Waals surface area contributed by atoms with Crippen LogP contribution in [0.25, 0.3) is 0 Å². The summed E-state index contributed by atoms with van der Waals surface area (Å²) < 4.78 is 32.4. The summed E-state index contributed by atoms with van der Waals surface area (Å²) >= 11 is 0. The summed E-state index contributed by atoms with van der Waals surface area (Å²) in [5.74, 6) is -0.634. The number of Topliss-reactive ketones (excluding diaryl/α,β-unsaturated/α-hetero) is 1. The van der Waals surface area contributed by atoms with E-state index in [0.29, 0.717) is 24.3 Å². The van der Waals surface area contributed by atoms with Gasteiger partial charge in [0.15, 0.2) is 5.78 Å². The number of hydrogen-bond acceptors (Lipinski definition) is 3. The van der Waals surface area contributed by atoms with Crippen molar-refractivity contribution < 1.29 is 23.1 Å². The molecule has 1 aliphatic rings. The highest BCUT2D eigenvalue weighted by Gasteiger charge is 2.48. The first-order valence-corrected chi connectivity index (χ1v) is 11.6. The smallest absolute Gasteiger partial charge is 0.233 e. The number of benzene rings is 3. The van der Waals surface area contributed by atoms with Gasteiger partial charge in [0.25, 0.3) is 0 Å². The van der Waals surface area contributed by atoms with E-state index in [1.165, 1.54) is 36.4 Å². The van der Waals surface area contributed by atoms with Crippen LogP contribution in [0.2, 0.25) is 0 Å². The number of nitrogens with zero attached hydrogens (tertiary/aromatic N) is 1. The number of hydrogen-bond donors (Lipinski definition) is 0. The van der Waals surface area contributed by atoms with Gasteiger partial charge in [-0.1, -0.05) is 25.5 Å². The molecule has 0 saturated carbocycles. The number of anilines is 1. The van der Waals surface area contributed by atoms with Crippen molar-refractivity contribution in [3.05, 3.63) is 95.6 Å². The lowest BCUT2D eigenvalue weighted by atomic mass is 9.78. The number of unbranched alkanes of at least 4 members (excludes halogenated alkanes) is 1. The van der Waals surface area contributed by atoms with Gasteiger partial charge in [0.2, 0.25) is 5.91 Å². The van der Waals surface area contributed by atoms with Gasteiger partial charge in [0.05, 0.1) is 18.6 Å². The average molecular weight is 464 g/mol. The number of halogens is 2. The largest absolute Gasteiger partial charge is 0.494 e. The number of ketones is 1. The van der Waals surface area contributed by atoms with Gasteiger partial charge in [0.1, 0.15) is 17.4 Å². The lowest BCUT2D eigenvalue weighted by molar-refractivity contribution is -0.130. The van der Waals surface area contributed by atoms with Crippen molar-refractivity contribution >= 4 is 17.4 Å². The molecule has 0 N–H and O–H groups in total. The zero-order valence-electron chi connectivity index (χ0n) is 19.0. The minimum Gasteiger partial charge on any atom is -0.494 e. The number of carbonyl (C=O) groups is 2. The first kappa shape index (κ1) is 23.6. The Bertz CT molecular complexity index is 1130. The quantitative estimate of drug-likeness (QED) is 0.196. The van der Waals surface area contributed by atoms with E-state index in [-0.39, 0.29) is 35.9 Å². The molecular weight excluding hydrogens is 436 g/mol. The molecule has 0 aromatic heterocycles. The fraction of sp³-hybridized carbons (Fsp3) is 0.286. The van der Waals surface area contributed by atoms with E-state index in [2.05, 4.69) is 6.92 Å². The van der Waals surface area contributed by atoms with Crippen LogP contribution in [0.15, 0.2) is 72.8 Å². The van der Waals surface area contributed by atoms with E-state index in [9.17, 15) is 18.4 Å². The van der Waals surface area contributed by atoms with E-state index >= 15 is 0 Å². The van der Waals surface area contributed by atoms with Crippen LogP contribution >= 0.6 is 0 Å². The number of β-lactam (4-membered cyclic amide) rings is 1. The maximum absolute atomic E-state index is 13.5. The molecule has 4 nitrogen and oxygen atoms in total. The molecule has 0 bridgehead atoms. The molecule has 1 fully saturated rings. The van der Waals surface area contributed by atoms with Gasteiger partial charge in [-0.25, -0.2) is 8.78 Å². The first-order valence-electron chi connectivity index (χ1n) is 11.6. The second kappa shape index (κ2) is 10.6. The number of ether oxygens (including phenoxy) is 1. The predicted molar refractivity (Wildman–Crippen MR) is 127 cm³/mol. The normalized spacial score (nSPS) is 17.4. The Kier molecular flexibility index (Phi) is 7.36. The van der Waals surface area contributed by atoms with Gasteiger partial charge in [-0.15, -0.1) is 0 Å². The summed E-state index contributed by atoms with van der Waals surface area (Å²) in [4.78, 5) is 27.4. The van der Waals surface area contributed by atoms with E-state index in [1.54, 1.807) is 17.0 Å². The number of amides is 1. The van der Waals surface area contributed by atoms with Gasteiger partial charge in [-0.2, -0.15) is 0 Å². The monoisotopic (exact) mass is 463 g/mol. The highest BCUT2D eigenvalue weighted by molar-refractivity contribution is 6.04. The van der Waals surface area contributed by atoms with Crippen molar-refractivity contribution in [3.8, 4) is 5.75 Å². The minimum atomic E-state index is -0.400. The van der Waals surface area contributed by atoms with Crippen molar-refractivity contribution in [3.63, 3.8) is 0 Å². The lowest BCUT2D eigenvalue weighted by Crippen LogP contribution is -2.55. The number of carbonyl (C=O) groups excluding carboxylic acids is 2. The van der Waals surface area contributed by atoms with E-state index in [4.69, 9.17) is 4.74 Å². The standard InChI is InChI=1S/C28H27F2NO3/c1-2-3-18-34-24-14-6-20(7-15-24)27-25(16-17-26(32)19-4-8-21(29)9-5-19)28(33)31(27)23-12-10-22(30)11-13-23/h4-15,25,27H,2-3,16-18H2,1H3/t25?,27-/m1/s1. The zero-order chi connectivity index (χ0) is 24.1. The fourth-order valence-corrected chi connectivity index (χ4v) is 4.26. The Morgan fingerprint density at radius 2 is 1.53 bits per heavy atom. The van der Waals surface area contributed by atoms with Crippen LogP contribution < -0.4 is 9.64 Å². The molecular formula is C28H27F2NO3. The maximum atomic E-state index is 13.5. The molecule has 0 aliphatic carbocycles. The third-order valence-electron chi connectivity index (χ3n) is 6.16. The van der Waals surface area contributed by atoms with Gasteiger partial charge in [-0.3, -0.25) is 9.59 Å². The lowest BCUT2D eigenvalue weighted by Gasteiger charge is -2.47. The van der Waals surface area contributed by atoms with E-state index in [0.717, 1.165) is 24.2 Å². The SMILES string of the molecule is CCCCOc1ccc([C@@H]2C(CCC(=O)c3ccc(F)cc3)C(=O)N2c2ccc(F)cc2)cc1. The molecule has 2 atom stereocenters. The average Bonchev–Trinajstić information content (AvgIpc) is 2.85. The van der Waals surface area contributed by atoms with Crippen LogP contribution in [0.4, 0.5) is 14.5 Å². The highest BCUT2D eigenvalue weighted by atomic mass is 19.1. The molecule has 3 aromatic rings. The Morgan fingerprint density at radius 3 is 2.15 bits per heavy atom. The molecule has 176 valence electrons. The Morgan fingerprint density at radius 1 is 0.912 bits per heavy atom. The van der Waals surface area contributed by atoms with Crippen LogP contribution in [-0.4, -0.2) is 18.3 Å². The summed E-state index contributed by atoms with van der Waals surface area (Å²) in [6, 6.07) is 18.6. The molecule has 1 amide bonds. The zero-order valence-corrected chi connectivity index (χ0v) is 19.0. The number of rotatable bonds is 10. The van der Waals surface area contributed by atoms with Crippen LogP contribution in [0.3, 0.4) is 0 Å². The molecule has 34 heavy (non-hydrogen) atoms. The molecule has 4 rings (SSSR count). The van der Waals surface area contributed by atoms with Gasteiger partial charge >= 0.3 is 0 Å². The van der Waals surface area contributed by atoms with Crippen molar-refractivity contribution in [1.29, 1.82) is 0 Å². The van der Waals surface area contributed by atoms with Crippen molar-refractivity contribution in [1.82, 2.24) is 0 Å². The van der Waals surface area contributed by atoms with Crippen LogP contribution in [0, 0.1) is 17.6 Å². The van der Waals surface area contributed by atoms with E-state index in [1.807, 2.05) is 24.3 Å². The summed E-state index contributed by atoms with van der Waals surface area (Å²) in [6.07, 6.45) is 2.56. The van der Waals surface area contributed by atoms with Gasteiger partial charge in [-0.05, 0) is 79.1 Å². The second-order valence-electron chi connectivity index (χ2n) is 8.48. The van der Waals surface area contributed by atoms with Crippen molar-refractivity contribution in [2.24, 2.45) is 5.92 Å². The molecule has 0 radical (unpaired) electrons. The Labute approximate surface area is 198 Å². The molecule has 6 heteroatoms. The van der Waals surface area contributed by atoms with Crippen molar-refractivity contribution in [2.75, 3.05) is 11.5 Å². The second-order valence-corrected chi connectivity index (χ2v) is 8.48. The molecule has 1 aliphatic heterocycles. The summed E-state index contributed by atoms with van der Waals surface area (Å²) in [7, 11) is 0. The third kappa shape index (κ3) is 5.16. The summed E-state index contributed by atoms with van der Waals surface area (Å²) in [5, 5.41) is 0. The molecule has 1 saturated heterocycles. The fourth-order valence-electron chi connectivity index (χ4n) is 4.26. The summed E-state index contributed by atoms with van der Waals surface area (Å²) in [6.45, 7) is 2.75. The molecule has 1 heterocycles. The van der Waals surface area contributed by atoms with Gasteiger partial charge < -0.3 is 9.64 Å². The molecule has 3 aromatic carbocycles. The topological polar surface area (TPSA) is 46.6 Å². The van der Waals surface area contributed by atoms with E-state index < -0.39 is 5.82 Å². The maximum Gasteiger partial charge on any atom is 0.233 e. The van der Waals surface area contributed by atoms with Gasteiger partial charge in [0, 0.05) is 17.7 Å². The van der Waals surface area contributed by atoms with Crippen LogP contribution in [0.5, 0.6) is 5.75 Å². The third-order valence-corrected chi connectivity index (χ3v) is 6.16. The Hall–Kier alpha value is -3.54. The van der Waals surface area contributed by atoms with Crippen molar-refractivity contribution in [2.45, 2.75) is 38.6 Å². The first-order chi connectivity index (χ1) is 16.5. The predicted octanol–water partition coefficient (Wildman–Crippen LogP) is 6.51. The molecule has 1 unspecified atom stereocenters.